The van der Waals surface area contributed by atoms with Gasteiger partial charge in [0, 0.05) is 0 Å². The van der Waals surface area contributed by atoms with Gasteiger partial charge >= 0.3 is 0 Å². The molecule has 0 heterocycles. The SMILES string of the molecule is CCCCCCCC[N+](CCCCC)(CCCCC)CCCCCCCC.[I-]. The maximum atomic E-state index is 2.35. The number of hydrogen-bond donors (Lipinski definition) is 0. The molecule has 0 saturated heterocycles. The van der Waals surface area contributed by atoms with Gasteiger partial charge in [-0.05, 0) is 51.4 Å². The fourth-order valence-corrected chi connectivity index (χ4v) is 4.52. The van der Waals surface area contributed by atoms with E-state index < -0.39 is 0 Å². The minimum absolute atomic E-state index is 0. The van der Waals surface area contributed by atoms with E-state index >= 15 is 0 Å². The van der Waals surface area contributed by atoms with Gasteiger partial charge in [-0.25, -0.2) is 0 Å². The average molecular weight is 510 g/mol. The minimum atomic E-state index is 0. The Balaban J connectivity index is 0. The number of hydrogen-bond acceptors (Lipinski definition) is 0. The van der Waals surface area contributed by atoms with Crippen LogP contribution in [-0.4, -0.2) is 30.7 Å². The molecule has 1 nitrogen and oxygen atoms in total. The van der Waals surface area contributed by atoms with Gasteiger partial charge in [-0.2, -0.15) is 0 Å². The van der Waals surface area contributed by atoms with Crippen LogP contribution in [0.3, 0.4) is 0 Å². The van der Waals surface area contributed by atoms with Crippen molar-refractivity contribution in [2.75, 3.05) is 26.2 Å². The van der Waals surface area contributed by atoms with Gasteiger partial charge in [-0.3, -0.25) is 0 Å². The predicted molar refractivity (Wildman–Crippen MR) is 126 cm³/mol. The summed E-state index contributed by atoms with van der Waals surface area (Å²) in [4.78, 5) is 0. The molecular formula is C26H56IN. The van der Waals surface area contributed by atoms with Gasteiger partial charge in [0.25, 0.3) is 0 Å². The van der Waals surface area contributed by atoms with Crippen molar-refractivity contribution >= 4 is 0 Å². The molecular weight excluding hydrogens is 453 g/mol. The second kappa shape index (κ2) is 24.0. The van der Waals surface area contributed by atoms with Gasteiger partial charge in [0.05, 0.1) is 26.2 Å². The van der Waals surface area contributed by atoms with Gasteiger partial charge in [-0.15, -0.1) is 0 Å². The third-order valence-corrected chi connectivity index (χ3v) is 6.44. The summed E-state index contributed by atoms with van der Waals surface area (Å²) >= 11 is 0. The number of rotatable bonds is 22. The highest BCUT2D eigenvalue weighted by Gasteiger charge is 2.25. The number of unbranched alkanes of at least 4 members (excludes halogenated alkanes) is 14. The van der Waals surface area contributed by atoms with E-state index in [1.54, 1.807) is 0 Å². The first-order valence-corrected chi connectivity index (χ1v) is 13.1. The molecule has 0 radical (unpaired) electrons. The summed E-state index contributed by atoms with van der Waals surface area (Å²) < 4.78 is 1.46. The Morgan fingerprint density at radius 1 is 0.321 bits per heavy atom. The van der Waals surface area contributed by atoms with Crippen LogP contribution in [-0.2, 0) is 0 Å². The van der Waals surface area contributed by atoms with Gasteiger partial charge < -0.3 is 28.5 Å². The summed E-state index contributed by atoms with van der Waals surface area (Å²) in [5.74, 6) is 0. The van der Waals surface area contributed by atoms with Crippen LogP contribution in [0, 0.1) is 0 Å². The first-order chi connectivity index (χ1) is 13.2. The molecule has 0 aromatic rings. The molecule has 0 N–H and O–H groups in total. The molecule has 0 atom stereocenters. The molecule has 0 amide bonds. The molecule has 2 heteroatoms. The van der Waals surface area contributed by atoms with Gasteiger partial charge in [0.1, 0.15) is 0 Å². The van der Waals surface area contributed by atoms with Crippen molar-refractivity contribution in [2.45, 2.75) is 143 Å². The topological polar surface area (TPSA) is 0 Å². The summed E-state index contributed by atoms with van der Waals surface area (Å²) in [6, 6.07) is 0. The molecule has 0 unspecified atom stereocenters. The normalized spacial score (nSPS) is 11.6. The smallest absolute Gasteiger partial charge is 0.0786 e. The maximum Gasteiger partial charge on any atom is 0.0786 e. The Labute approximate surface area is 197 Å². The molecule has 0 bridgehead atoms. The molecule has 0 aliphatic rings. The van der Waals surface area contributed by atoms with E-state index in [0.717, 1.165) is 0 Å². The molecule has 0 aliphatic heterocycles. The van der Waals surface area contributed by atoms with Gasteiger partial charge in [-0.1, -0.05) is 91.9 Å². The Morgan fingerprint density at radius 3 is 0.857 bits per heavy atom. The van der Waals surface area contributed by atoms with Gasteiger partial charge in [0.2, 0.25) is 0 Å². The fraction of sp³-hybridized carbons (Fsp3) is 1.00. The second-order valence-electron chi connectivity index (χ2n) is 9.19. The van der Waals surface area contributed by atoms with E-state index in [-0.39, 0.29) is 24.0 Å². The molecule has 0 fully saturated rings. The zero-order valence-electron chi connectivity index (χ0n) is 20.4. The highest BCUT2D eigenvalue weighted by atomic mass is 127. The van der Waals surface area contributed by atoms with Crippen LogP contribution < -0.4 is 24.0 Å². The zero-order chi connectivity index (χ0) is 20.1. The van der Waals surface area contributed by atoms with Crippen LogP contribution in [0.1, 0.15) is 143 Å². The minimum Gasteiger partial charge on any atom is -1.00 e. The zero-order valence-corrected chi connectivity index (χ0v) is 22.5. The summed E-state index contributed by atoms with van der Waals surface area (Å²) in [7, 11) is 0. The highest BCUT2D eigenvalue weighted by Crippen LogP contribution is 2.19. The lowest BCUT2D eigenvalue weighted by Crippen LogP contribution is -3.00. The van der Waals surface area contributed by atoms with Crippen molar-refractivity contribution < 1.29 is 28.5 Å². The van der Waals surface area contributed by atoms with E-state index in [2.05, 4.69) is 27.7 Å². The summed E-state index contributed by atoms with van der Waals surface area (Å²) in [5, 5.41) is 0. The van der Waals surface area contributed by atoms with Crippen molar-refractivity contribution in [1.29, 1.82) is 0 Å². The van der Waals surface area contributed by atoms with Crippen molar-refractivity contribution in [3.8, 4) is 0 Å². The molecule has 0 aliphatic carbocycles. The predicted octanol–water partition coefficient (Wildman–Crippen LogP) is 5.91. The number of halogens is 1. The molecule has 28 heavy (non-hydrogen) atoms. The summed E-state index contributed by atoms with van der Waals surface area (Å²) in [6.07, 6.45) is 25.8. The Kier molecular flexibility index (Phi) is 26.4. The van der Waals surface area contributed by atoms with E-state index in [4.69, 9.17) is 0 Å². The van der Waals surface area contributed by atoms with Crippen LogP contribution in [0.4, 0.5) is 0 Å². The molecule has 0 aromatic heterocycles. The number of nitrogens with zero attached hydrogens (tertiary/aromatic N) is 1. The van der Waals surface area contributed by atoms with E-state index in [1.165, 1.54) is 146 Å². The lowest BCUT2D eigenvalue weighted by molar-refractivity contribution is -0.929. The highest BCUT2D eigenvalue weighted by molar-refractivity contribution is 4.53. The van der Waals surface area contributed by atoms with E-state index in [9.17, 15) is 0 Å². The third kappa shape index (κ3) is 18.7. The largest absolute Gasteiger partial charge is 1.00 e. The summed E-state index contributed by atoms with van der Waals surface area (Å²) in [5.41, 5.74) is 0. The quantitative estimate of drug-likeness (QED) is 0.0967. The lowest BCUT2D eigenvalue weighted by Gasteiger charge is -2.39. The fourth-order valence-electron chi connectivity index (χ4n) is 4.52. The van der Waals surface area contributed by atoms with Crippen LogP contribution >= 0.6 is 0 Å². The Morgan fingerprint density at radius 2 is 0.536 bits per heavy atom. The van der Waals surface area contributed by atoms with Crippen molar-refractivity contribution in [1.82, 2.24) is 0 Å². The molecule has 0 saturated carbocycles. The van der Waals surface area contributed by atoms with Crippen molar-refractivity contribution in [3.63, 3.8) is 0 Å². The molecule has 172 valence electrons. The van der Waals surface area contributed by atoms with E-state index in [0.29, 0.717) is 0 Å². The molecule has 0 spiro atoms. The lowest BCUT2D eigenvalue weighted by atomic mass is 10.1. The number of quaternary nitrogens is 1. The standard InChI is InChI=1S/C26H56N.HI/c1-5-9-13-15-17-21-25-27(23-19-11-7-3,24-20-12-8-4)26-22-18-16-14-10-6-2;/h5-26H2,1-4H3;1H/q+1;/p-1. The van der Waals surface area contributed by atoms with E-state index in [1.807, 2.05) is 0 Å². The second-order valence-corrected chi connectivity index (χ2v) is 9.19. The van der Waals surface area contributed by atoms with Crippen LogP contribution in [0.15, 0.2) is 0 Å². The van der Waals surface area contributed by atoms with Crippen LogP contribution in [0.5, 0.6) is 0 Å². The van der Waals surface area contributed by atoms with Crippen LogP contribution in [0.2, 0.25) is 0 Å². The Bertz CT molecular complexity index is 252. The molecule has 0 rings (SSSR count). The monoisotopic (exact) mass is 509 g/mol. The average Bonchev–Trinajstić information content (AvgIpc) is 2.67. The molecule has 0 aromatic carbocycles. The van der Waals surface area contributed by atoms with Crippen LogP contribution in [0.25, 0.3) is 0 Å². The maximum absolute atomic E-state index is 2.35. The summed E-state index contributed by atoms with van der Waals surface area (Å²) in [6.45, 7) is 15.2. The first kappa shape index (κ1) is 30.9. The van der Waals surface area contributed by atoms with Crippen molar-refractivity contribution in [2.24, 2.45) is 0 Å². The van der Waals surface area contributed by atoms with Crippen molar-refractivity contribution in [3.05, 3.63) is 0 Å². The van der Waals surface area contributed by atoms with Gasteiger partial charge in [0.15, 0.2) is 0 Å². The first-order valence-electron chi connectivity index (χ1n) is 13.1. The third-order valence-electron chi connectivity index (χ3n) is 6.44. The Hall–Kier alpha value is 0.690.